The highest BCUT2D eigenvalue weighted by Gasteiger charge is 2.11. The van der Waals surface area contributed by atoms with Gasteiger partial charge in [0, 0.05) is 6.07 Å². The number of rotatable bonds is 8. The summed E-state index contributed by atoms with van der Waals surface area (Å²) in [5.41, 5.74) is 1.12. The highest BCUT2D eigenvalue weighted by Crippen LogP contribution is 2.34. The molecule has 1 aromatic carbocycles. The van der Waals surface area contributed by atoms with Crippen LogP contribution in [0.4, 0.5) is 0 Å². The minimum atomic E-state index is 0.660. The SMILES string of the molecule is COc1cc(OC)c(OC)cc1CCNCC(C)C. The third-order valence-electron chi connectivity index (χ3n) is 2.91. The Balaban J connectivity index is 2.75. The first-order chi connectivity index (χ1) is 9.12. The molecular weight excluding hydrogens is 242 g/mol. The fourth-order valence-corrected chi connectivity index (χ4v) is 1.90. The minimum absolute atomic E-state index is 0.660. The van der Waals surface area contributed by atoms with Crippen LogP contribution in [0.15, 0.2) is 12.1 Å². The van der Waals surface area contributed by atoms with E-state index in [2.05, 4.69) is 19.2 Å². The maximum atomic E-state index is 5.40. The van der Waals surface area contributed by atoms with Crippen LogP contribution in [-0.4, -0.2) is 34.4 Å². The Morgan fingerprint density at radius 1 is 0.947 bits per heavy atom. The molecule has 0 aliphatic heterocycles. The molecule has 0 fully saturated rings. The van der Waals surface area contributed by atoms with Gasteiger partial charge in [-0.2, -0.15) is 0 Å². The van der Waals surface area contributed by atoms with E-state index in [1.54, 1.807) is 21.3 Å². The van der Waals surface area contributed by atoms with E-state index >= 15 is 0 Å². The fraction of sp³-hybridized carbons (Fsp3) is 0.600. The van der Waals surface area contributed by atoms with Crippen LogP contribution in [0.1, 0.15) is 19.4 Å². The van der Waals surface area contributed by atoms with Crippen LogP contribution in [0, 0.1) is 5.92 Å². The normalized spacial score (nSPS) is 10.6. The summed E-state index contributed by atoms with van der Waals surface area (Å²) in [6.07, 6.45) is 0.899. The molecule has 0 saturated carbocycles. The molecule has 0 heterocycles. The van der Waals surface area contributed by atoms with E-state index in [1.165, 1.54) is 0 Å². The van der Waals surface area contributed by atoms with Gasteiger partial charge in [0.2, 0.25) is 0 Å². The van der Waals surface area contributed by atoms with E-state index in [0.29, 0.717) is 11.7 Å². The molecule has 0 spiro atoms. The maximum Gasteiger partial charge on any atom is 0.164 e. The van der Waals surface area contributed by atoms with Crippen LogP contribution in [0.5, 0.6) is 17.2 Å². The van der Waals surface area contributed by atoms with E-state index in [0.717, 1.165) is 36.6 Å². The largest absolute Gasteiger partial charge is 0.496 e. The first kappa shape index (κ1) is 15.6. The van der Waals surface area contributed by atoms with E-state index in [-0.39, 0.29) is 0 Å². The highest BCUT2D eigenvalue weighted by atomic mass is 16.5. The molecule has 0 amide bonds. The summed E-state index contributed by atoms with van der Waals surface area (Å²) in [6, 6.07) is 3.85. The number of benzene rings is 1. The van der Waals surface area contributed by atoms with Crippen molar-refractivity contribution in [1.29, 1.82) is 0 Å². The maximum absolute atomic E-state index is 5.40. The van der Waals surface area contributed by atoms with Gasteiger partial charge in [0.15, 0.2) is 11.5 Å². The van der Waals surface area contributed by atoms with Crippen molar-refractivity contribution in [2.45, 2.75) is 20.3 Å². The minimum Gasteiger partial charge on any atom is -0.496 e. The monoisotopic (exact) mass is 267 g/mol. The van der Waals surface area contributed by atoms with Crippen molar-refractivity contribution < 1.29 is 14.2 Å². The predicted octanol–water partition coefficient (Wildman–Crippen LogP) is 2.50. The molecule has 0 saturated heterocycles. The number of ether oxygens (including phenoxy) is 3. The number of nitrogens with one attached hydrogen (secondary N) is 1. The summed E-state index contributed by atoms with van der Waals surface area (Å²) in [7, 11) is 4.94. The van der Waals surface area contributed by atoms with Crippen LogP contribution < -0.4 is 19.5 Å². The molecule has 0 unspecified atom stereocenters. The summed E-state index contributed by atoms with van der Waals surface area (Å²) < 4.78 is 16.0. The second kappa shape index (κ2) is 7.89. The zero-order valence-corrected chi connectivity index (χ0v) is 12.6. The van der Waals surface area contributed by atoms with Crippen molar-refractivity contribution in [3.63, 3.8) is 0 Å². The Hall–Kier alpha value is -1.42. The van der Waals surface area contributed by atoms with Crippen molar-refractivity contribution in [2.75, 3.05) is 34.4 Å². The number of hydrogen-bond donors (Lipinski definition) is 1. The van der Waals surface area contributed by atoms with Gasteiger partial charge in [-0.05, 0) is 37.1 Å². The Bertz CT molecular complexity index is 391. The van der Waals surface area contributed by atoms with Crippen molar-refractivity contribution in [3.8, 4) is 17.2 Å². The van der Waals surface area contributed by atoms with Crippen LogP contribution in [0.2, 0.25) is 0 Å². The molecule has 0 aliphatic carbocycles. The van der Waals surface area contributed by atoms with Crippen LogP contribution in [-0.2, 0) is 6.42 Å². The summed E-state index contributed by atoms with van der Waals surface area (Å²) in [4.78, 5) is 0. The first-order valence-corrected chi connectivity index (χ1v) is 6.62. The number of hydrogen-bond acceptors (Lipinski definition) is 4. The van der Waals surface area contributed by atoms with E-state index in [4.69, 9.17) is 14.2 Å². The first-order valence-electron chi connectivity index (χ1n) is 6.62. The lowest BCUT2D eigenvalue weighted by Crippen LogP contribution is -2.22. The third kappa shape index (κ3) is 4.63. The number of methoxy groups -OCH3 is 3. The van der Waals surface area contributed by atoms with Gasteiger partial charge >= 0.3 is 0 Å². The fourth-order valence-electron chi connectivity index (χ4n) is 1.90. The average molecular weight is 267 g/mol. The summed E-state index contributed by atoms with van der Waals surface area (Å²) >= 11 is 0. The summed E-state index contributed by atoms with van der Waals surface area (Å²) in [6.45, 7) is 6.34. The molecule has 0 aromatic heterocycles. The molecule has 4 heteroatoms. The Labute approximate surface area is 116 Å². The second-order valence-electron chi connectivity index (χ2n) is 4.87. The molecule has 0 aliphatic rings. The van der Waals surface area contributed by atoms with Crippen LogP contribution in [0.3, 0.4) is 0 Å². The lowest BCUT2D eigenvalue weighted by Gasteiger charge is -2.14. The van der Waals surface area contributed by atoms with E-state index < -0.39 is 0 Å². The van der Waals surface area contributed by atoms with Gasteiger partial charge in [-0.25, -0.2) is 0 Å². The summed E-state index contributed by atoms with van der Waals surface area (Å²) in [5, 5.41) is 3.42. The van der Waals surface area contributed by atoms with Gasteiger partial charge < -0.3 is 19.5 Å². The molecule has 0 atom stereocenters. The lowest BCUT2D eigenvalue weighted by atomic mass is 10.1. The van der Waals surface area contributed by atoms with Crippen molar-refractivity contribution >= 4 is 0 Å². The predicted molar refractivity (Wildman–Crippen MR) is 77.5 cm³/mol. The molecule has 0 bridgehead atoms. The molecule has 1 rings (SSSR count). The van der Waals surface area contributed by atoms with Gasteiger partial charge in [0.05, 0.1) is 21.3 Å². The molecule has 19 heavy (non-hydrogen) atoms. The van der Waals surface area contributed by atoms with E-state index in [9.17, 15) is 0 Å². The summed E-state index contributed by atoms with van der Waals surface area (Å²) in [5.74, 6) is 2.93. The van der Waals surface area contributed by atoms with E-state index in [1.807, 2.05) is 12.1 Å². The zero-order valence-electron chi connectivity index (χ0n) is 12.6. The molecule has 0 radical (unpaired) electrons. The van der Waals surface area contributed by atoms with Crippen LogP contribution >= 0.6 is 0 Å². The smallest absolute Gasteiger partial charge is 0.164 e. The molecule has 108 valence electrons. The standard InChI is InChI=1S/C15H25NO3/c1-11(2)10-16-7-6-12-8-14(18-4)15(19-5)9-13(12)17-3/h8-9,11,16H,6-7,10H2,1-5H3. The highest BCUT2D eigenvalue weighted by molar-refractivity contribution is 5.50. The topological polar surface area (TPSA) is 39.7 Å². The van der Waals surface area contributed by atoms with Gasteiger partial charge in [0.25, 0.3) is 0 Å². The second-order valence-corrected chi connectivity index (χ2v) is 4.87. The Morgan fingerprint density at radius 3 is 2.05 bits per heavy atom. The van der Waals surface area contributed by atoms with Crippen LogP contribution in [0.25, 0.3) is 0 Å². The zero-order chi connectivity index (χ0) is 14.3. The average Bonchev–Trinajstić information content (AvgIpc) is 2.42. The molecular formula is C15H25NO3. The lowest BCUT2D eigenvalue weighted by molar-refractivity contribution is 0.347. The van der Waals surface area contributed by atoms with Crippen molar-refractivity contribution in [1.82, 2.24) is 5.32 Å². The third-order valence-corrected chi connectivity index (χ3v) is 2.91. The van der Waals surface area contributed by atoms with Gasteiger partial charge in [0.1, 0.15) is 5.75 Å². The molecule has 4 nitrogen and oxygen atoms in total. The quantitative estimate of drug-likeness (QED) is 0.735. The van der Waals surface area contributed by atoms with Crippen molar-refractivity contribution in [2.24, 2.45) is 5.92 Å². The van der Waals surface area contributed by atoms with Gasteiger partial charge in [-0.3, -0.25) is 0 Å². The van der Waals surface area contributed by atoms with Gasteiger partial charge in [-0.1, -0.05) is 13.8 Å². The molecule has 1 aromatic rings. The Kier molecular flexibility index (Phi) is 6.50. The molecule has 1 N–H and O–H groups in total. The van der Waals surface area contributed by atoms with Gasteiger partial charge in [-0.15, -0.1) is 0 Å². The Morgan fingerprint density at radius 2 is 1.53 bits per heavy atom. The van der Waals surface area contributed by atoms with Crippen molar-refractivity contribution in [3.05, 3.63) is 17.7 Å².